The predicted octanol–water partition coefficient (Wildman–Crippen LogP) is -0.458. The number of rotatable bonds is 0. The lowest BCUT2D eigenvalue weighted by atomic mass is 10.4. The standard InChI is InChI=1S/C6H8N4/c7-5-3-8-4-10-2-1-9-6(5)10/h3-4H,1-2,7H2. The molecule has 0 bridgehead atoms. The largest absolute Gasteiger partial charge is 0.394 e. The molecule has 2 aliphatic heterocycles. The molecule has 2 N–H and O–H groups in total. The fraction of sp³-hybridized carbons (Fsp3) is 0.333. The van der Waals surface area contributed by atoms with E-state index in [0.717, 1.165) is 18.9 Å². The molecule has 0 aromatic heterocycles. The summed E-state index contributed by atoms with van der Waals surface area (Å²) in [6.07, 6.45) is 3.38. The summed E-state index contributed by atoms with van der Waals surface area (Å²) in [6.45, 7) is 1.74. The van der Waals surface area contributed by atoms with Gasteiger partial charge in [-0.15, -0.1) is 0 Å². The summed E-state index contributed by atoms with van der Waals surface area (Å²) < 4.78 is 0. The molecule has 0 saturated heterocycles. The molecular weight excluding hydrogens is 128 g/mol. The maximum absolute atomic E-state index is 5.59. The first-order valence-corrected chi connectivity index (χ1v) is 3.18. The molecule has 0 aliphatic carbocycles. The smallest absolute Gasteiger partial charge is 0.154 e. The first kappa shape index (κ1) is 5.46. The summed E-state index contributed by atoms with van der Waals surface area (Å²) in [4.78, 5) is 10.1. The van der Waals surface area contributed by atoms with E-state index in [4.69, 9.17) is 5.73 Å². The van der Waals surface area contributed by atoms with Crippen LogP contribution in [0.4, 0.5) is 0 Å². The average molecular weight is 136 g/mol. The third-order valence-electron chi connectivity index (χ3n) is 1.55. The topological polar surface area (TPSA) is 54.0 Å². The second kappa shape index (κ2) is 1.83. The van der Waals surface area contributed by atoms with Crippen LogP contribution < -0.4 is 5.73 Å². The van der Waals surface area contributed by atoms with Gasteiger partial charge >= 0.3 is 0 Å². The quantitative estimate of drug-likeness (QED) is 0.490. The molecule has 2 aliphatic rings. The normalized spacial score (nSPS) is 22.2. The Hall–Kier alpha value is -1.32. The van der Waals surface area contributed by atoms with Gasteiger partial charge in [0.05, 0.1) is 24.8 Å². The molecule has 2 heterocycles. The number of hydrogen-bond donors (Lipinski definition) is 1. The van der Waals surface area contributed by atoms with Gasteiger partial charge in [-0.25, -0.2) is 4.99 Å². The van der Waals surface area contributed by atoms with E-state index in [2.05, 4.69) is 9.98 Å². The molecule has 0 saturated carbocycles. The van der Waals surface area contributed by atoms with Gasteiger partial charge in [0, 0.05) is 6.54 Å². The minimum Gasteiger partial charge on any atom is -0.394 e. The number of amidine groups is 1. The number of hydrogen-bond acceptors (Lipinski definition) is 4. The predicted molar refractivity (Wildman–Crippen MR) is 39.8 cm³/mol. The van der Waals surface area contributed by atoms with Crippen LogP contribution in [0, 0.1) is 0 Å². The molecule has 0 spiro atoms. The van der Waals surface area contributed by atoms with Gasteiger partial charge in [-0.05, 0) is 0 Å². The van der Waals surface area contributed by atoms with E-state index in [1.54, 1.807) is 12.5 Å². The molecule has 2 rings (SSSR count). The van der Waals surface area contributed by atoms with Crippen molar-refractivity contribution >= 4 is 12.2 Å². The molecule has 0 atom stereocenters. The summed E-state index contributed by atoms with van der Waals surface area (Å²) in [7, 11) is 0. The highest BCUT2D eigenvalue weighted by Crippen LogP contribution is 2.07. The van der Waals surface area contributed by atoms with E-state index < -0.39 is 0 Å². The van der Waals surface area contributed by atoms with E-state index in [1.807, 2.05) is 4.90 Å². The molecule has 0 aromatic carbocycles. The first-order chi connectivity index (χ1) is 4.88. The van der Waals surface area contributed by atoms with Gasteiger partial charge in [0.15, 0.2) is 5.84 Å². The molecule has 4 heteroatoms. The van der Waals surface area contributed by atoms with Crippen LogP contribution in [-0.2, 0) is 0 Å². The van der Waals surface area contributed by atoms with Crippen LogP contribution in [0.1, 0.15) is 0 Å². The van der Waals surface area contributed by atoms with Gasteiger partial charge in [0.25, 0.3) is 0 Å². The Bertz CT molecular complexity index is 238. The molecule has 0 fully saturated rings. The van der Waals surface area contributed by atoms with Gasteiger partial charge < -0.3 is 10.6 Å². The lowest BCUT2D eigenvalue weighted by molar-refractivity contribution is 0.677. The lowest BCUT2D eigenvalue weighted by Crippen LogP contribution is -2.32. The Morgan fingerprint density at radius 2 is 2.50 bits per heavy atom. The monoisotopic (exact) mass is 136 g/mol. The van der Waals surface area contributed by atoms with Crippen molar-refractivity contribution in [3.8, 4) is 0 Å². The van der Waals surface area contributed by atoms with Crippen molar-refractivity contribution in [2.75, 3.05) is 13.1 Å². The van der Waals surface area contributed by atoms with Crippen molar-refractivity contribution in [2.45, 2.75) is 0 Å². The second-order valence-corrected chi connectivity index (χ2v) is 2.25. The zero-order chi connectivity index (χ0) is 6.97. The average Bonchev–Trinajstić information content (AvgIpc) is 2.36. The van der Waals surface area contributed by atoms with Crippen molar-refractivity contribution in [2.24, 2.45) is 15.7 Å². The van der Waals surface area contributed by atoms with E-state index >= 15 is 0 Å². The zero-order valence-electron chi connectivity index (χ0n) is 5.49. The molecule has 0 aromatic rings. The molecule has 4 nitrogen and oxygen atoms in total. The fourth-order valence-corrected chi connectivity index (χ4v) is 1.08. The van der Waals surface area contributed by atoms with E-state index in [1.165, 1.54) is 0 Å². The second-order valence-electron chi connectivity index (χ2n) is 2.25. The molecular formula is C6H8N4. The van der Waals surface area contributed by atoms with E-state index in [9.17, 15) is 0 Å². The van der Waals surface area contributed by atoms with Gasteiger partial charge in [-0.2, -0.15) is 0 Å². The fourth-order valence-electron chi connectivity index (χ4n) is 1.08. The van der Waals surface area contributed by atoms with Crippen LogP contribution in [0.2, 0.25) is 0 Å². The third kappa shape index (κ3) is 0.618. The van der Waals surface area contributed by atoms with Crippen molar-refractivity contribution in [3.05, 3.63) is 11.9 Å². The maximum atomic E-state index is 5.59. The molecule has 10 heavy (non-hydrogen) atoms. The Kier molecular flexibility index (Phi) is 1.00. The zero-order valence-corrected chi connectivity index (χ0v) is 5.49. The van der Waals surface area contributed by atoms with E-state index in [0.29, 0.717) is 5.70 Å². The summed E-state index contributed by atoms with van der Waals surface area (Å²) in [5, 5.41) is 0. The van der Waals surface area contributed by atoms with Crippen LogP contribution in [-0.4, -0.2) is 30.2 Å². The van der Waals surface area contributed by atoms with Crippen molar-refractivity contribution < 1.29 is 0 Å². The minimum atomic E-state index is 0.667. The highest BCUT2D eigenvalue weighted by atomic mass is 15.3. The molecule has 52 valence electrons. The summed E-state index contributed by atoms with van der Waals surface area (Å²) in [5.41, 5.74) is 6.26. The van der Waals surface area contributed by atoms with Gasteiger partial charge in [-0.3, -0.25) is 4.99 Å². The van der Waals surface area contributed by atoms with Gasteiger partial charge in [0.1, 0.15) is 0 Å². The Morgan fingerprint density at radius 3 is 3.30 bits per heavy atom. The van der Waals surface area contributed by atoms with Crippen molar-refractivity contribution in [1.82, 2.24) is 4.90 Å². The molecule has 0 amide bonds. The van der Waals surface area contributed by atoms with Crippen LogP contribution in [0.5, 0.6) is 0 Å². The van der Waals surface area contributed by atoms with Gasteiger partial charge in [0.2, 0.25) is 0 Å². The minimum absolute atomic E-state index is 0.667. The lowest BCUT2D eigenvalue weighted by Gasteiger charge is -2.16. The number of aliphatic imine (C=N–C) groups is 2. The molecule has 0 radical (unpaired) electrons. The van der Waals surface area contributed by atoms with Crippen molar-refractivity contribution in [3.63, 3.8) is 0 Å². The van der Waals surface area contributed by atoms with Gasteiger partial charge in [-0.1, -0.05) is 0 Å². The van der Waals surface area contributed by atoms with Crippen LogP contribution in [0.3, 0.4) is 0 Å². The van der Waals surface area contributed by atoms with Crippen LogP contribution >= 0.6 is 0 Å². The highest BCUT2D eigenvalue weighted by Gasteiger charge is 2.18. The Morgan fingerprint density at radius 1 is 1.60 bits per heavy atom. The number of nitrogens with zero attached hydrogens (tertiary/aromatic N) is 3. The molecule has 0 unspecified atom stereocenters. The number of nitrogens with two attached hydrogens (primary N) is 1. The summed E-state index contributed by atoms with van der Waals surface area (Å²) >= 11 is 0. The SMILES string of the molecule is NC1=CN=CN2CCN=C12. The maximum Gasteiger partial charge on any atom is 0.154 e. The van der Waals surface area contributed by atoms with Crippen LogP contribution in [0.15, 0.2) is 21.9 Å². The summed E-state index contributed by atoms with van der Waals surface area (Å²) in [5.74, 6) is 0.870. The third-order valence-corrected chi connectivity index (χ3v) is 1.55. The van der Waals surface area contributed by atoms with E-state index in [-0.39, 0.29) is 0 Å². The Balaban J connectivity index is 2.38. The van der Waals surface area contributed by atoms with Crippen LogP contribution in [0.25, 0.3) is 0 Å². The summed E-state index contributed by atoms with van der Waals surface area (Å²) in [6, 6.07) is 0. The van der Waals surface area contributed by atoms with Crippen molar-refractivity contribution in [1.29, 1.82) is 0 Å². The Labute approximate surface area is 58.8 Å². The highest BCUT2D eigenvalue weighted by molar-refractivity contribution is 6.06. The first-order valence-electron chi connectivity index (χ1n) is 3.18. The number of fused-ring (bicyclic) bond motifs is 1.